The van der Waals surface area contributed by atoms with Gasteiger partial charge in [0.2, 0.25) is 0 Å². The van der Waals surface area contributed by atoms with Crippen LogP contribution in [0.1, 0.15) is 34.1 Å². The minimum atomic E-state index is -5.21. The van der Waals surface area contributed by atoms with Gasteiger partial charge in [-0.15, -0.1) is 0 Å². The Morgan fingerprint density at radius 2 is 1.78 bits per heavy atom. The topological polar surface area (TPSA) is 113 Å². The van der Waals surface area contributed by atoms with Crippen molar-refractivity contribution in [3.8, 4) is 5.69 Å². The molecule has 0 radical (unpaired) electrons. The Morgan fingerprint density at radius 1 is 1.14 bits per heavy atom. The molecule has 2 amide bonds. The molecule has 1 atom stereocenters. The summed E-state index contributed by atoms with van der Waals surface area (Å²) >= 11 is 6.04. The fraction of sp³-hybridized carbons (Fsp3) is 0.292. The fourth-order valence-corrected chi connectivity index (χ4v) is 3.75. The van der Waals surface area contributed by atoms with Gasteiger partial charge < -0.3 is 21.1 Å². The highest BCUT2D eigenvalue weighted by Gasteiger charge is 2.55. The third-order valence-electron chi connectivity index (χ3n) is 5.53. The maximum absolute atomic E-state index is 14.0. The van der Waals surface area contributed by atoms with E-state index in [-0.39, 0.29) is 28.5 Å². The quantitative estimate of drug-likeness (QED) is 0.356. The molecular weight excluding hydrogens is 518 g/mol. The summed E-state index contributed by atoms with van der Waals surface area (Å²) in [5.74, 6) is -2.55. The zero-order valence-electron chi connectivity index (χ0n) is 19.6. The Balaban J connectivity index is 1.81. The molecule has 1 heterocycles. The van der Waals surface area contributed by atoms with Crippen LogP contribution in [0.3, 0.4) is 0 Å². The SMILES string of the molecule is CCCN(CC(O)(CNC(=O)c1cnn(-c2ccc(F)cc2)c1N)C(F)(F)F)C(=O)c1ccccc1Cl. The van der Waals surface area contributed by atoms with Crippen molar-refractivity contribution in [3.05, 3.63) is 76.7 Å². The second-order valence-electron chi connectivity index (χ2n) is 8.25. The number of carbonyl (C=O) groups excluding carboxylic acids is 2. The standard InChI is InChI=1S/C24H24ClF4N5O3/c1-2-11-33(22(36)17-5-3-4-6-19(17)25)14-23(37,24(27,28)29)13-31-21(35)18-12-32-34(20(18)30)16-9-7-15(26)8-10-16/h3-10,12,37H,2,11,13-14,30H2,1H3,(H,31,35). The lowest BCUT2D eigenvalue weighted by Crippen LogP contribution is -2.60. The molecule has 0 spiro atoms. The smallest absolute Gasteiger partial charge is 0.383 e. The first-order chi connectivity index (χ1) is 17.4. The van der Waals surface area contributed by atoms with E-state index in [1.54, 1.807) is 13.0 Å². The molecule has 8 nitrogen and oxygen atoms in total. The molecule has 2 aromatic carbocycles. The van der Waals surface area contributed by atoms with E-state index in [1.165, 1.54) is 30.3 Å². The number of alkyl halides is 3. The molecule has 1 unspecified atom stereocenters. The summed E-state index contributed by atoms with van der Waals surface area (Å²) in [4.78, 5) is 26.5. The Bertz CT molecular complexity index is 1270. The number of nitrogen functional groups attached to an aromatic ring is 1. The fourth-order valence-electron chi connectivity index (χ4n) is 3.53. The van der Waals surface area contributed by atoms with E-state index in [0.29, 0.717) is 12.1 Å². The maximum atomic E-state index is 14.0. The second kappa shape index (κ2) is 11.2. The summed E-state index contributed by atoms with van der Waals surface area (Å²) in [7, 11) is 0. The molecule has 4 N–H and O–H groups in total. The lowest BCUT2D eigenvalue weighted by molar-refractivity contribution is -0.260. The van der Waals surface area contributed by atoms with Gasteiger partial charge in [-0.05, 0) is 42.8 Å². The second-order valence-corrected chi connectivity index (χ2v) is 8.66. The maximum Gasteiger partial charge on any atom is 0.420 e. The number of nitrogens with one attached hydrogen (secondary N) is 1. The van der Waals surface area contributed by atoms with Crippen molar-refractivity contribution in [3.63, 3.8) is 0 Å². The van der Waals surface area contributed by atoms with Gasteiger partial charge in [0.1, 0.15) is 17.2 Å². The van der Waals surface area contributed by atoms with Crippen LogP contribution in [0, 0.1) is 5.82 Å². The highest BCUT2D eigenvalue weighted by atomic mass is 35.5. The molecule has 1 aromatic heterocycles. The number of aromatic nitrogens is 2. The van der Waals surface area contributed by atoms with Gasteiger partial charge in [-0.2, -0.15) is 18.3 Å². The number of aliphatic hydroxyl groups is 1. The van der Waals surface area contributed by atoms with Gasteiger partial charge in [0.25, 0.3) is 11.8 Å². The molecule has 0 aliphatic carbocycles. The van der Waals surface area contributed by atoms with Crippen LogP contribution in [0.15, 0.2) is 54.7 Å². The van der Waals surface area contributed by atoms with Gasteiger partial charge >= 0.3 is 6.18 Å². The Morgan fingerprint density at radius 3 is 2.38 bits per heavy atom. The lowest BCUT2D eigenvalue weighted by Gasteiger charge is -2.36. The number of rotatable bonds is 9. The van der Waals surface area contributed by atoms with Crippen LogP contribution in [-0.4, -0.2) is 63.0 Å². The minimum Gasteiger partial charge on any atom is -0.383 e. The highest BCUT2D eigenvalue weighted by molar-refractivity contribution is 6.33. The zero-order chi connectivity index (χ0) is 27.4. The van der Waals surface area contributed by atoms with Crippen LogP contribution in [-0.2, 0) is 0 Å². The van der Waals surface area contributed by atoms with Crippen LogP contribution in [0.4, 0.5) is 23.4 Å². The number of hydrogen-bond donors (Lipinski definition) is 3. The Labute approximate surface area is 214 Å². The van der Waals surface area contributed by atoms with Crippen LogP contribution in [0.5, 0.6) is 0 Å². The van der Waals surface area contributed by atoms with E-state index >= 15 is 0 Å². The molecule has 0 aliphatic heterocycles. The lowest BCUT2D eigenvalue weighted by atomic mass is 10.0. The van der Waals surface area contributed by atoms with Crippen molar-refractivity contribution in [2.24, 2.45) is 0 Å². The number of amides is 2. The molecule has 3 aromatic rings. The Hall–Kier alpha value is -3.64. The third-order valence-corrected chi connectivity index (χ3v) is 5.86. The monoisotopic (exact) mass is 541 g/mol. The first kappa shape index (κ1) is 27.9. The summed E-state index contributed by atoms with van der Waals surface area (Å²) in [6, 6.07) is 10.8. The van der Waals surface area contributed by atoms with Gasteiger partial charge in [0.05, 0.1) is 35.6 Å². The number of nitrogens with zero attached hydrogens (tertiary/aromatic N) is 3. The van der Waals surface area contributed by atoms with Crippen molar-refractivity contribution in [2.45, 2.75) is 25.1 Å². The molecule has 0 saturated carbocycles. The first-order valence-electron chi connectivity index (χ1n) is 11.1. The van der Waals surface area contributed by atoms with Crippen molar-refractivity contribution >= 4 is 29.2 Å². The molecular formula is C24H24ClF4N5O3. The third kappa shape index (κ3) is 6.20. The van der Waals surface area contributed by atoms with Crippen LogP contribution in [0.2, 0.25) is 5.02 Å². The average Bonchev–Trinajstić information content (AvgIpc) is 3.23. The van der Waals surface area contributed by atoms with Gasteiger partial charge in [0.15, 0.2) is 5.60 Å². The number of anilines is 1. The van der Waals surface area contributed by atoms with Crippen molar-refractivity contribution in [1.82, 2.24) is 20.0 Å². The van der Waals surface area contributed by atoms with Crippen molar-refractivity contribution < 1.29 is 32.3 Å². The first-order valence-corrected chi connectivity index (χ1v) is 11.5. The predicted molar refractivity (Wildman–Crippen MR) is 129 cm³/mol. The molecule has 3 rings (SSSR count). The van der Waals surface area contributed by atoms with Crippen molar-refractivity contribution in [1.29, 1.82) is 0 Å². The van der Waals surface area contributed by atoms with Gasteiger partial charge in [-0.1, -0.05) is 30.7 Å². The summed E-state index contributed by atoms with van der Waals surface area (Å²) in [5.41, 5.74) is 2.48. The van der Waals surface area contributed by atoms with Crippen LogP contribution in [0.25, 0.3) is 5.69 Å². The Kier molecular flexibility index (Phi) is 8.44. The summed E-state index contributed by atoms with van der Waals surface area (Å²) < 4.78 is 56.3. The number of nitrogens with two attached hydrogens (primary N) is 1. The van der Waals surface area contributed by atoms with E-state index in [0.717, 1.165) is 27.9 Å². The van der Waals surface area contributed by atoms with Crippen molar-refractivity contribution in [2.75, 3.05) is 25.4 Å². The van der Waals surface area contributed by atoms with E-state index in [2.05, 4.69) is 5.10 Å². The van der Waals surface area contributed by atoms with Gasteiger partial charge in [-0.3, -0.25) is 9.59 Å². The molecule has 13 heteroatoms. The summed E-state index contributed by atoms with van der Waals surface area (Å²) in [6.07, 6.45) is -3.88. The largest absolute Gasteiger partial charge is 0.420 e. The highest BCUT2D eigenvalue weighted by Crippen LogP contribution is 2.32. The number of hydrogen-bond acceptors (Lipinski definition) is 5. The normalized spacial score (nSPS) is 13.2. The van der Waals surface area contributed by atoms with Crippen LogP contribution < -0.4 is 11.1 Å². The van der Waals surface area contributed by atoms with Crippen LogP contribution >= 0.6 is 11.6 Å². The van der Waals surface area contributed by atoms with E-state index < -0.39 is 42.5 Å². The molecule has 0 fully saturated rings. The molecule has 0 saturated heterocycles. The zero-order valence-corrected chi connectivity index (χ0v) is 20.4. The van der Waals surface area contributed by atoms with Gasteiger partial charge in [0, 0.05) is 6.54 Å². The predicted octanol–water partition coefficient (Wildman–Crippen LogP) is 3.82. The van der Waals surface area contributed by atoms with Gasteiger partial charge in [-0.25, -0.2) is 9.07 Å². The van der Waals surface area contributed by atoms with E-state index in [9.17, 15) is 32.3 Å². The number of carbonyl (C=O) groups is 2. The molecule has 0 aliphatic rings. The van der Waals surface area contributed by atoms with E-state index in [4.69, 9.17) is 17.3 Å². The number of halogens is 5. The average molecular weight is 542 g/mol. The molecule has 198 valence electrons. The number of benzene rings is 2. The minimum absolute atomic E-state index is 0.0212. The van der Waals surface area contributed by atoms with E-state index in [1.807, 2.05) is 5.32 Å². The summed E-state index contributed by atoms with van der Waals surface area (Å²) in [5, 5.41) is 16.6. The molecule has 37 heavy (non-hydrogen) atoms. The summed E-state index contributed by atoms with van der Waals surface area (Å²) in [6.45, 7) is -0.873. The molecule has 0 bridgehead atoms.